The summed E-state index contributed by atoms with van der Waals surface area (Å²) in [6.07, 6.45) is 1.10. The van der Waals surface area contributed by atoms with Crippen molar-refractivity contribution in [3.05, 3.63) is 35.4 Å². The predicted octanol–water partition coefficient (Wildman–Crippen LogP) is 2.83. The van der Waals surface area contributed by atoms with E-state index >= 15 is 0 Å². The molecule has 0 bridgehead atoms. The van der Waals surface area contributed by atoms with Gasteiger partial charge in [-0.2, -0.15) is 0 Å². The smallest absolute Gasteiger partial charge is 0.157 e. The van der Waals surface area contributed by atoms with E-state index in [1.807, 2.05) is 11.8 Å². The Balaban J connectivity index is 1.94. The lowest BCUT2D eigenvalue weighted by Crippen LogP contribution is -2.23. The Hall–Kier alpha value is -0.960. The summed E-state index contributed by atoms with van der Waals surface area (Å²) in [5.74, 6) is 1.13. The van der Waals surface area contributed by atoms with Crippen molar-refractivity contribution >= 4 is 16.9 Å². The first-order chi connectivity index (χ1) is 7.78. The number of benzene rings is 1. The van der Waals surface area contributed by atoms with Crippen molar-refractivity contribution in [1.29, 1.82) is 0 Å². The van der Waals surface area contributed by atoms with Crippen LogP contribution in [0.25, 0.3) is 0 Å². The highest BCUT2D eigenvalue weighted by Crippen LogP contribution is 2.14. The highest BCUT2D eigenvalue weighted by Gasteiger charge is 2.14. The minimum absolute atomic E-state index is 0.561. The van der Waals surface area contributed by atoms with Gasteiger partial charge in [0.1, 0.15) is 0 Å². The molecule has 0 saturated carbocycles. The third-order valence-corrected chi connectivity index (χ3v) is 3.86. The van der Waals surface area contributed by atoms with Crippen molar-refractivity contribution in [2.24, 2.45) is 4.99 Å². The van der Waals surface area contributed by atoms with Gasteiger partial charge in [-0.15, -0.1) is 0 Å². The van der Waals surface area contributed by atoms with E-state index in [2.05, 4.69) is 48.4 Å². The third-order valence-electron chi connectivity index (χ3n) is 2.68. The monoisotopic (exact) mass is 234 g/mol. The molecule has 0 radical (unpaired) electrons. The van der Waals surface area contributed by atoms with E-state index in [1.165, 1.54) is 11.1 Å². The van der Waals surface area contributed by atoms with Gasteiger partial charge in [0.15, 0.2) is 5.17 Å². The molecule has 0 spiro atoms. The summed E-state index contributed by atoms with van der Waals surface area (Å²) >= 11 is 1.82. The van der Waals surface area contributed by atoms with Gasteiger partial charge in [0.05, 0.1) is 6.54 Å². The molecule has 1 aromatic rings. The second-order valence-electron chi connectivity index (χ2n) is 4.15. The van der Waals surface area contributed by atoms with Crippen LogP contribution in [-0.2, 0) is 13.0 Å². The fourth-order valence-corrected chi connectivity index (χ4v) is 2.56. The predicted molar refractivity (Wildman–Crippen MR) is 72.0 cm³/mol. The Morgan fingerprint density at radius 3 is 2.56 bits per heavy atom. The van der Waals surface area contributed by atoms with E-state index < -0.39 is 0 Å². The van der Waals surface area contributed by atoms with Crippen LogP contribution in [0.3, 0.4) is 0 Å². The molecule has 1 aromatic carbocycles. The Morgan fingerprint density at radius 2 is 2.00 bits per heavy atom. The minimum Gasteiger partial charge on any atom is -0.362 e. The molecule has 1 heterocycles. The van der Waals surface area contributed by atoms with E-state index in [0.717, 1.165) is 23.9 Å². The van der Waals surface area contributed by atoms with Crippen LogP contribution in [0.15, 0.2) is 29.3 Å². The molecule has 1 aliphatic rings. The molecule has 0 amide bonds. The second kappa shape index (κ2) is 5.39. The number of aliphatic imine (C=N–C) groups is 1. The van der Waals surface area contributed by atoms with Gasteiger partial charge in [0.25, 0.3) is 0 Å². The number of aryl methyl sites for hydroxylation is 1. The van der Waals surface area contributed by atoms with Crippen molar-refractivity contribution in [2.45, 2.75) is 32.9 Å². The molecule has 1 unspecified atom stereocenters. The van der Waals surface area contributed by atoms with E-state index in [4.69, 9.17) is 0 Å². The zero-order valence-corrected chi connectivity index (χ0v) is 10.7. The maximum atomic E-state index is 4.57. The summed E-state index contributed by atoms with van der Waals surface area (Å²) in [5, 5.41) is 4.45. The average molecular weight is 234 g/mol. The van der Waals surface area contributed by atoms with Gasteiger partial charge in [-0.25, -0.2) is 0 Å². The summed E-state index contributed by atoms with van der Waals surface area (Å²) < 4.78 is 0. The first-order valence-electron chi connectivity index (χ1n) is 5.79. The zero-order chi connectivity index (χ0) is 11.4. The molecule has 3 heteroatoms. The number of thioether (sulfide) groups is 1. The Bertz CT molecular complexity index is 370. The Labute approximate surface area is 102 Å². The van der Waals surface area contributed by atoms with Gasteiger partial charge in [0.2, 0.25) is 0 Å². The maximum Gasteiger partial charge on any atom is 0.157 e. The number of rotatable bonds is 3. The summed E-state index contributed by atoms with van der Waals surface area (Å²) in [6.45, 7) is 5.15. The van der Waals surface area contributed by atoms with Crippen LogP contribution in [0, 0.1) is 0 Å². The summed E-state index contributed by atoms with van der Waals surface area (Å²) in [6, 6.07) is 9.28. The molecule has 1 saturated heterocycles. The minimum atomic E-state index is 0.561. The quantitative estimate of drug-likeness (QED) is 0.869. The molecule has 2 nitrogen and oxygen atoms in total. The highest BCUT2D eigenvalue weighted by molar-refractivity contribution is 8.14. The van der Waals surface area contributed by atoms with Gasteiger partial charge in [-0.1, -0.05) is 43.0 Å². The zero-order valence-electron chi connectivity index (χ0n) is 9.86. The molecule has 0 aromatic heterocycles. The van der Waals surface area contributed by atoms with Crippen molar-refractivity contribution in [3.8, 4) is 0 Å². The van der Waals surface area contributed by atoms with Gasteiger partial charge < -0.3 is 5.32 Å². The lowest BCUT2D eigenvalue weighted by molar-refractivity contribution is 0.764. The van der Waals surface area contributed by atoms with E-state index in [9.17, 15) is 0 Å². The van der Waals surface area contributed by atoms with Crippen molar-refractivity contribution in [2.75, 3.05) is 5.75 Å². The molecular weight excluding hydrogens is 216 g/mol. The molecule has 1 N–H and O–H groups in total. The number of nitrogens with zero attached hydrogens (tertiary/aromatic N) is 1. The second-order valence-corrected chi connectivity index (χ2v) is 5.16. The van der Waals surface area contributed by atoms with Gasteiger partial charge in [0, 0.05) is 11.8 Å². The average Bonchev–Trinajstić information content (AvgIpc) is 2.73. The van der Waals surface area contributed by atoms with Gasteiger partial charge in [-0.3, -0.25) is 4.99 Å². The Kier molecular flexibility index (Phi) is 3.88. The first-order valence-corrected chi connectivity index (χ1v) is 6.78. The SMILES string of the molecule is CCc1ccc(CN=C2NC(C)CS2)cc1. The number of hydrogen-bond acceptors (Lipinski definition) is 2. The number of hydrogen-bond donors (Lipinski definition) is 1. The van der Waals surface area contributed by atoms with E-state index in [1.54, 1.807) is 0 Å². The molecular formula is C13H18N2S. The van der Waals surface area contributed by atoms with Crippen LogP contribution in [0.5, 0.6) is 0 Å². The standard InChI is InChI=1S/C13H18N2S/c1-3-11-4-6-12(7-5-11)8-14-13-15-10(2)9-16-13/h4-7,10H,3,8-9H2,1-2H3,(H,14,15). The van der Waals surface area contributed by atoms with Gasteiger partial charge >= 0.3 is 0 Å². The van der Waals surface area contributed by atoms with Gasteiger partial charge in [-0.05, 0) is 24.5 Å². The molecule has 86 valence electrons. The van der Waals surface area contributed by atoms with Crippen LogP contribution < -0.4 is 5.32 Å². The normalized spacial score (nSPS) is 22.4. The molecule has 0 aliphatic carbocycles. The lowest BCUT2D eigenvalue weighted by Gasteiger charge is -2.02. The molecule has 1 fully saturated rings. The largest absolute Gasteiger partial charge is 0.362 e. The molecule has 1 atom stereocenters. The van der Waals surface area contributed by atoms with Crippen LogP contribution in [0.4, 0.5) is 0 Å². The summed E-state index contributed by atoms with van der Waals surface area (Å²) in [4.78, 5) is 4.57. The van der Waals surface area contributed by atoms with Crippen LogP contribution in [0.1, 0.15) is 25.0 Å². The Morgan fingerprint density at radius 1 is 1.31 bits per heavy atom. The first kappa shape index (κ1) is 11.5. The van der Waals surface area contributed by atoms with Crippen molar-refractivity contribution < 1.29 is 0 Å². The fourth-order valence-electron chi connectivity index (χ4n) is 1.63. The van der Waals surface area contributed by atoms with Crippen LogP contribution >= 0.6 is 11.8 Å². The molecule has 2 rings (SSSR count). The van der Waals surface area contributed by atoms with Crippen molar-refractivity contribution in [3.63, 3.8) is 0 Å². The van der Waals surface area contributed by atoms with Crippen LogP contribution in [0.2, 0.25) is 0 Å². The molecule has 1 aliphatic heterocycles. The summed E-state index contributed by atoms with van der Waals surface area (Å²) in [7, 11) is 0. The third kappa shape index (κ3) is 3.01. The van der Waals surface area contributed by atoms with E-state index in [0.29, 0.717) is 6.04 Å². The van der Waals surface area contributed by atoms with Crippen LogP contribution in [-0.4, -0.2) is 17.0 Å². The topological polar surface area (TPSA) is 24.4 Å². The maximum absolute atomic E-state index is 4.57. The van der Waals surface area contributed by atoms with Crippen molar-refractivity contribution in [1.82, 2.24) is 5.32 Å². The lowest BCUT2D eigenvalue weighted by atomic mass is 10.1. The molecule has 16 heavy (non-hydrogen) atoms. The van der Waals surface area contributed by atoms with E-state index in [-0.39, 0.29) is 0 Å². The highest BCUT2D eigenvalue weighted by atomic mass is 32.2. The number of amidine groups is 1. The fraction of sp³-hybridized carbons (Fsp3) is 0.462. The summed E-state index contributed by atoms with van der Waals surface area (Å²) in [5.41, 5.74) is 2.67. The number of nitrogens with one attached hydrogen (secondary N) is 1.